The third-order valence-corrected chi connectivity index (χ3v) is 5.11. The zero-order valence-corrected chi connectivity index (χ0v) is 15.4. The second-order valence-electron chi connectivity index (χ2n) is 6.74. The van der Waals surface area contributed by atoms with E-state index >= 15 is 0 Å². The molecule has 3 nitrogen and oxygen atoms in total. The number of piperidine rings is 1. The Kier molecular flexibility index (Phi) is 6.11. The van der Waals surface area contributed by atoms with Crippen LogP contribution in [0, 0.1) is 6.92 Å². The van der Waals surface area contributed by atoms with Crippen LogP contribution in [0.15, 0.2) is 48.5 Å². The minimum atomic E-state index is -0.0502. The number of carbonyl (C=O) groups is 1. The van der Waals surface area contributed by atoms with Gasteiger partial charge in [-0.05, 0) is 62.7 Å². The van der Waals surface area contributed by atoms with Crippen LogP contribution in [0.5, 0.6) is 0 Å². The maximum atomic E-state index is 12.5. The van der Waals surface area contributed by atoms with Gasteiger partial charge in [0.25, 0.3) is 5.91 Å². The van der Waals surface area contributed by atoms with Crippen LogP contribution in [0.25, 0.3) is 0 Å². The van der Waals surface area contributed by atoms with Crippen LogP contribution < -0.4 is 5.32 Å². The van der Waals surface area contributed by atoms with Gasteiger partial charge >= 0.3 is 0 Å². The van der Waals surface area contributed by atoms with Gasteiger partial charge < -0.3 is 5.32 Å². The molecule has 0 saturated carbocycles. The summed E-state index contributed by atoms with van der Waals surface area (Å²) in [5, 5.41) is 3.75. The van der Waals surface area contributed by atoms with Crippen molar-refractivity contribution in [2.75, 3.05) is 19.6 Å². The predicted octanol–water partition coefficient (Wildman–Crippen LogP) is 4.61. The van der Waals surface area contributed by atoms with E-state index in [2.05, 4.69) is 41.4 Å². The van der Waals surface area contributed by atoms with Gasteiger partial charge in [-0.3, -0.25) is 9.69 Å². The van der Waals surface area contributed by atoms with Crippen molar-refractivity contribution in [3.05, 3.63) is 70.2 Å². The molecule has 1 atom stereocenters. The maximum Gasteiger partial charge on any atom is 0.251 e. The van der Waals surface area contributed by atoms with E-state index in [9.17, 15) is 4.79 Å². The molecule has 4 heteroatoms. The molecule has 1 amide bonds. The van der Waals surface area contributed by atoms with Gasteiger partial charge in [0, 0.05) is 17.1 Å². The molecule has 0 aromatic heterocycles. The van der Waals surface area contributed by atoms with E-state index in [-0.39, 0.29) is 11.9 Å². The van der Waals surface area contributed by atoms with E-state index in [0.717, 1.165) is 13.1 Å². The number of hydrogen-bond donors (Lipinski definition) is 1. The van der Waals surface area contributed by atoms with Gasteiger partial charge in [-0.15, -0.1) is 0 Å². The summed E-state index contributed by atoms with van der Waals surface area (Å²) in [6, 6.07) is 15.9. The first-order valence-corrected chi connectivity index (χ1v) is 9.35. The molecule has 1 N–H and O–H groups in total. The molecule has 25 heavy (non-hydrogen) atoms. The number of rotatable bonds is 5. The summed E-state index contributed by atoms with van der Waals surface area (Å²) in [6.45, 7) is 4.90. The van der Waals surface area contributed by atoms with E-state index in [1.807, 2.05) is 0 Å². The van der Waals surface area contributed by atoms with E-state index in [4.69, 9.17) is 11.6 Å². The first kappa shape index (κ1) is 18.0. The summed E-state index contributed by atoms with van der Waals surface area (Å²) < 4.78 is 0. The molecule has 1 fully saturated rings. The highest BCUT2D eigenvalue weighted by Crippen LogP contribution is 2.24. The minimum Gasteiger partial charge on any atom is -0.350 e. The SMILES string of the molecule is Cc1ccc([C@@H](CNC(=O)c2ccc(Cl)cc2)N2CCCCC2)cc1. The van der Waals surface area contributed by atoms with Gasteiger partial charge in [-0.25, -0.2) is 0 Å². The highest BCUT2D eigenvalue weighted by Gasteiger charge is 2.23. The Bertz CT molecular complexity index is 691. The van der Waals surface area contributed by atoms with Crippen molar-refractivity contribution in [1.29, 1.82) is 0 Å². The van der Waals surface area contributed by atoms with Crippen molar-refractivity contribution in [1.82, 2.24) is 10.2 Å². The molecule has 3 rings (SSSR count). The number of amides is 1. The van der Waals surface area contributed by atoms with Gasteiger partial charge in [0.2, 0.25) is 0 Å². The Morgan fingerprint density at radius 2 is 1.68 bits per heavy atom. The lowest BCUT2D eigenvalue weighted by molar-refractivity contribution is 0.0924. The Morgan fingerprint density at radius 1 is 1.04 bits per heavy atom. The molecule has 1 aliphatic rings. The van der Waals surface area contributed by atoms with E-state index < -0.39 is 0 Å². The Morgan fingerprint density at radius 3 is 2.32 bits per heavy atom. The van der Waals surface area contributed by atoms with E-state index in [0.29, 0.717) is 17.1 Å². The number of halogens is 1. The fraction of sp³-hybridized carbons (Fsp3) is 0.381. The standard InChI is InChI=1S/C21H25ClN2O/c1-16-5-7-17(8-6-16)20(24-13-3-2-4-14-24)15-23-21(25)18-9-11-19(22)12-10-18/h5-12,20H,2-4,13-15H2,1H3,(H,23,25)/t20-/m1/s1. The lowest BCUT2D eigenvalue weighted by Crippen LogP contribution is -2.40. The zero-order valence-electron chi connectivity index (χ0n) is 14.7. The monoisotopic (exact) mass is 356 g/mol. The van der Waals surface area contributed by atoms with Crippen LogP contribution in [0.3, 0.4) is 0 Å². The van der Waals surface area contributed by atoms with Crippen molar-refractivity contribution in [3.63, 3.8) is 0 Å². The summed E-state index contributed by atoms with van der Waals surface area (Å²) in [5.41, 5.74) is 3.17. The smallest absolute Gasteiger partial charge is 0.251 e. The van der Waals surface area contributed by atoms with Gasteiger partial charge in [-0.2, -0.15) is 0 Å². The van der Waals surface area contributed by atoms with E-state index in [1.165, 1.54) is 30.4 Å². The minimum absolute atomic E-state index is 0.0502. The molecule has 132 valence electrons. The first-order valence-electron chi connectivity index (χ1n) is 8.98. The van der Waals surface area contributed by atoms with Crippen molar-refractivity contribution in [2.24, 2.45) is 0 Å². The number of carbonyl (C=O) groups excluding carboxylic acids is 1. The number of aryl methyl sites for hydroxylation is 1. The molecule has 1 aliphatic heterocycles. The quantitative estimate of drug-likeness (QED) is 0.848. The highest BCUT2D eigenvalue weighted by atomic mass is 35.5. The van der Waals surface area contributed by atoms with Crippen LogP contribution in [0.2, 0.25) is 5.02 Å². The zero-order chi connectivity index (χ0) is 17.6. The van der Waals surface area contributed by atoms with Crippen molar-refractivity contribution >= 4 is 17.5 Å². The molecular formula is C21H25ClN2O. The number of nitrogens with one attached hydrogen (secondary N) is 1. The molecule has 2 aromatic carbocycles. The molecule has 2 aromatic rings. The molecule has 0 radical (unpaired) electrons. The van der Waals surface area contributed by atoms with Crippen LogP contribution in [-0.2, 0) is 0 Å². The molecule has 1 heterocycles. The van der Waals surface area contributed by atoms with Gasteiger partial charge in [0.1, 0.15) is 0 Å². The third-order valence-electron chi connectivity index (χ3n) is 4.86. The van der Waals surface area contributed by atoms with Crippen molar-refractivity contribution in [2.45, 2.75) is 32.2 Å². The predicted molar refractivity (Wildman–Crippen MR) is 103 cm³/mol. The first-order chi connectivity index (χ1) is 12.1. The average molecular weight is 357 g/mol. The van der Waals surface area contributed by atoms with E-state index in [1.54, 1.807) is 24.3 Å². The average Bonchev–Trinajstić information content (AvgIpc) is 2.64. The molecule has 0 spiro atoms. The topological polar surface area (TPSA) is 32.3 Å². The summed E-state index contributed by atoms with van der Waals surface area (Å²) in [4.78, 5) is 15.0. The maximum absolute atomic E-state index is 12.5. The molecule has 0 aliphatic carbocycles. The van der Waals surface area contributed by atoms with Gasteiger partial charge in [-0.1, -0.05) is 47.9 Å². The molecule has 1 saturated heterocycles. The van der Waals surface area contributed by atoms with Crippen LogP contribution in [0.1, 0.15) is 46.8 Å². The number of benzene rings is 2. The van der Waals surface area contributed by atoms with Crippen LogP contribution >= 0.6 is 11.6 Å². The third kappa shape index (κ3) is 4.83. The van der Waals surface area contributed by atoms with Crippen molar-refractivity contribution in [3.8, 4) is 0 Å². The fourth-order valence-electron chi connectivity index (χ4n) is 3.37. The highest BCUT2D eigenvalue weighted by molar-refractivity contribution is 6.30. The lowest BCUT2D eigenvalue weighted by Gasteiger charge is -2.35. The molecular weight excluding hydrogens is 332 g/mol. The summed E-state index contributed by atoms with van der Waals surface area (Å²) in [5.74, 6) is -0.0502. The van der Waals surface area contributed by atoms with Gasteiger partial charge in [0.15, 0.2) is 0 Å². The van der Waals surface area contributed by atoms with Crippen LogP contribution in [0.4, 0.5) is 0 Å². The number of nitrogens with zero attached hydrogens (tertiary/aromatic N) is 1. The van der Waals surface area contributed by atoms with Crippen molar-refractivity contribution < 1.29 is 4.79 Å². The Labute approximate surface area is 155 Å². The van der Waals surface area contributed by atoms with Crippen LogP contribution in [-0.4, -0.2) is 30.4 Å². The summed E-state index contributed by atoms with van der Waals surface area (Å²) >= 11 is 5.90. The largest absolute Gasteiger partial charge is 0.350 e. The summed E-state index contributed by atoms with van der Waals surface area (Å²) in [7, 11) is 0. The second-order valence-corrected chi connectivity index (χ2v) is 7.18. The summed E-state index contributed by atoms with van der Waals surface area (Å²) in [6.07, 6.45) is 3.76. The number of likely N-dealkylation sites (tertiary alicyclic amines) is 1. The molecule has 0 unspecified atom stereocenters. The Hall–Kier alpha value is -1.84. The fourth-order valence-corrected chi connectivity index (χ4v) is 3.50. The Balaban J connectivity index is 1.71. The number of hydrogen-bond acceptors (Lipinski definition) is 2. The molecule has 0 bridgehead atoms. The lowest BCUT2D eigenvalue weighted by atomic mass is 10.0. The van der Waals surface area contributed by atoms with Gasteiger partial charge in [0.05, 0.1) is 6.04 Å². The normalized spacial score (nSPS) is 16.4. The second kappa shape index (κ2) is 8.50.